The van der Waals surface area contributed by atoms with Gasteiger partial charge >= 0.3 is 0 Å². The number of nitrogens with zero attached hydrogens (tertiary/aromatic N) is 1. The van der Waals surface area contributed by atoms with Gasteiger partial charge in [-0.1, -0.05) is 19.9 Å². The molecule has 10 heteroatoms. The van der Waals surface area contributed by atoms with E-state index in [0.717, 1.165) is 12.8 Å². The summed E-state index contributed by atoms with van der Waals surface area (Å²) in [5.41, 5.74) is 1.76. The normalized spacial score (nSPS) is 15.8. The second kappa shape index (κ2) is 10.2. The van der Waals surface area contributed by atoms with Crippen LogP contribution >= 0.6 is 0 Å². The van der Waals surface area contributed by atoms with E-state index in [1.807, 2.05) is 0 Å². The Morgan fingerprint density at radius 1 is 1.00 bits per heavy atom. The summed E-state index contributed by atoms with van der Waals surface area (Å²) in [7, 11) is -7.04. The maximum atomic E-state index is 12.9. The molecule has 1 amide bonds. The van der Waals surface area contributed by atoms with Crippen LogP contribution in [-0.2, 0) is 20.0 Å². The van der Waals surface area contributed by atoms with Crippen molar-refractivity contribution in [1.82, 2.24) is 4.31 Å². The molecule has 0 radical (unpaired) electrons. The average molecular weight is 494 g/mol. The van der Waals surface area contributed by atoms with E-state index in [2.05, 4.69) is 17.0 Å². The van der Waals surface area contributed by atoms with E-state index >= 15 is 0 Å². The summed E-state index contributed by atoms with van der Waals surface area (Å²) in [5.74, 6) is 0.114. The SMILES string of the molecule is CCCS(=O)(=O)Nc1cccc(NC(=O)c2ccc(S(=O)(=O)N3CCC(C)CC3)cc2)c1C. The van der Waals surface area contributed by atoms with Gasteiger partial charge in [-0.05, 0) is 74.1 Å². The zero-order chi connectivity index (χ0) is 24.2. The van der Waals surface area contributed by atoms with Crippen molar-refractivity contribution in [2.24, 2.45) is 5.92 Å². The fourth-order valence-corrected chi connectivity index (χ4v) is 6.38. The molecule has 1 fully saturated rings. The standard InChI is InChI=1S/C23H31N3O5S2/c1-4-16-32(28,29)25-22-7-5-6-21(18(22)3)24-23(27)19-8-10-20(11-9-19)33(30,31)26-14-12-17(2)13-15-26/h5-11,17,25H,4,12-16H2,1-3H3,(H,24,27). The fraction of sp³-hybridized carbons (Fsp3) is 0.435. The molecule has 0 spiro atoms. The summed E-state index contributed by atoms with van der Waals surface area (Å²) < 4.78 is 54.0. The molecular weight excluding hydrogens is 462 g/mol. The quantitative estimate of drug-likeness (QED) is 0.581. The van der Waals surface area contributed by atoms with Crippen LogP contribution in [0.3, 0.4) is 0 Å². The van der Waals surface area contributed by atoms with Crippen molar-refractivity contribution in [2.75, 3.05) is 28.9 Å². The van der Waals surface area contributed by atoms with Crippen LogP contribution in [0.5, 0.6) is 0 Å². The number of carbonyl (C=O) groups is 1. The van der Waals surface area contributed by atoms with Crippen molar-refractivity contribution in [3.8, 4) is 0 Å². The molecule has 0 atom stereocenters. The zero-order valence-corrected chi connectivity index (χ0v) is 20.8. The van der Waals surface area contributed by atoms with Gasteiger partial charge in [-0.2, -0.15) is 4.31 Å². The third-order valence-electron chi connectivity index (χ3n) is 5.82. The Hall–Kier alpha value is -2.43. The van der Waals surface area contributed by atoms with Gasteiger partial charge in [0.05, 0.1) is 16.3 Å². The summed E-state index contributed by atoms with van der Waals surface area (Å²) in [6.07, 6.45) is 2.17. The second-order valence-electron chi connectivity index (χ2n) is 8.46. The van der Waals surface area contributed by atoms with Crippen LogP contribution in [0.4, 0.5) is 11.4 Å². The molecule has 0 aliphatic carbocycles. The van der Waals surface area contributed by atoms with E-state index in [-0.39, 0.29) is 10.6 Å². The van der Waals surface area contributed by atoms with Gasteiger partial charge in [-0.15, -0.1) is 0 Å². The topological polar surface area (TPSA) is 113 Å². The third kappa shape index (κ3) is 6.13. The Morgan fingerprint density at radius 2 is 1.61 bits per heavy atom. The summed E-state index contributed by atoms with van der Waals surface area (Å²) in [6.45, 7) is 6.63. The van der Waals surface area contributed by atoms with Crippen LogP contribution in [0.25, 0.3) is 0 Å². The molecule has 0 aromatic heterocycles. The second-order valence-corrected chi connectivity index (χ2v) is 12.2. The highest BCUT2D eigenvalue weighted by Gasteiger charge is 2.28. The van der Waals surface area contributed by atoms with Crippen LogP contribution in [0, 0.1) is 12.8 Å². The van der Waals surface area contributed by atoms with Gasteiger partial charge < -0.3 is 5.32 Å². The molecule has 3 rings (SSSR count). The minimum absolute atomic E-state index is 0.00867. The molecule has 1 heterocycles. The van der Waals surface area contributed by atoms with Crippen molar-refractivity contribution >= 4 is 37.3 Å². The van der Waals surface area contributed by atoms with Crippen molar-refractivity contribution in [1.29, 1.82) is 0 Å². The molecule has 0 unspecified atom stereocenters. The van der Waals surface area contributed by atoms with Gasteiger partial charge in [0.25, 0.3) is 5.91 Å². The van der Waals surface area contributed by atoms with Gasteiger partial charge in [0.1, 0.15) is 0 Å². The van der Waals surface area contributed by atoms with Gasteiger partial charge in [0.2, 0.25) is 20.0 Å². The lowest BCUT2D eigenvalue weighted by molar-refractivity contribution is 0.102. The Labute approximate surface area is 196 Å². The van der Waals surface area contributed by atoms with E-state index in [1.54, 1.807) is 32.0 Å². The van der Waals surface area contributed by atoms with E-state index in [1.165, 1.54) is 28.6 Å². The molecule has 180 valence electrons. The Balaban J connectivity index is 1.73. The first kappa shape index (κ1) is 25.2. The number of benzene rings is 2. The molecule has 8 nitrogen and oxygen atoms in total. The minimum atomic E-state index is -3.58. The Kier molecular flexibility index (Phi) is 7.81. The van der Waals surface area contributed by atoms with E-state index < -0.39 is 26.0 Å². The monoisotopic (exact) mass is 493 g/mol. The lowest BCUT2D eigenvalue weighted by Gasteiger charge is -2.29. The summed E-state index contributed by atoms with van der Waals surface area (Å²) in [4.78, 5) is 12.9. The molecule has 2 aromatic rings. The summed E-state index contributed by atoms with van der Waals surface area (Å²) in [6, 6.07) is 10.8. The average Bonchev–Trinajstić information content (AvgIpc) is 2.76. The number of nitrogens with one attached hydrogen (secondary N) is 2. The fourth-order valence-electron chi connectivity index (χ4n) is 3.72. The number of anilines is 2. The highest BCUT2D eigenvalue weighted by molar-refractivity contribution is 7.92. The lowest BCUT2D eigenvalue weighted by Crippen LogP contribution is -2.37. The summed E-state index contributed by atoms with van der Waals surface area (Å²) in [5, 5.41) is 2.78. The van der Waals surface area contributed by atoms with Gasteiger partial charge in [-0.3, -0.25) is 9.52 Å². The van der Waals surface area contributed by atoms with Crippen LogP contribution in [-0.4, -0.2) is 45.9 Å². The molecule has 0 saturated carbocycles. The van der Waals surface area contributed by atoms with E-state index in [4.69, 9.17) is 0 Å². The minimum Gasteiger partial charge on any atom is -0.322 e. The highest BCUT2D eigenvalue weighted by atomic mass is 32.2. The maximum absolute atomic E-state index is 12.9. The third-order valence-corrected chi connectivity index (χ3v) is 9.21. The van der Waals surface area contributed by atoms with Crippen LogP contribution in [0.15, 0.2) is 47.4 Å². The van der Waals surface area contributed by atoms with E-state index in [9.17, 15) is 21.6 Å². The molecule has 2 N–H and O–H groups in total. The lowest BCUT2D eigenvalue weighted by atomic mass is 10.0. The number of sulfonamides is 2. The molecular formula is C23H31N3O5S2. The molecule has 0 bridgehead atoms. The molecule has 33 heavy (non-hydrogen) atoms. The first-order valence-electron chi connectivity index (χ1n) is 11.0. The number of amides is 1. The van der Waals surface area contributed by atoms with Crippen molar-refractivity contribution in [3.05, 3.63) is 53.6 Å². The Bertz CT molecular complexity index is 1200. The van der Waals surface area contributed by atoms with Crippen molar-refractivity contribution in [3.63, 3.8) is 0 Å². The first-order chi connectivity index (χ1) is 15.5. The number of rotatable bonds is 8. The van der Waals surface area contributed by atoms with Crippen molar-refractivity contribution in [2.45, 2.75) is 44.9 Å². The highest BCUT2D eigenvalue weighted by Crippen LogP contribution is 2.26. The smallest absolute Gasteiger partial charge is 0.255 e. The number of hydrogen-bond donors (Lipinski definition) is 2. The Morgan fingerprint density at radius 3 is 2.21 bits per heavy atom. The van der Waals surface area contributed by atoms with Gasteiger partial charge in [0, 0.05) is 24.3 Å². The van der Waals surface area contributed by atoms with Crippen LogP contribution < -0.4 is 10.0 Å². The van der Waals surface area contributed by atoms with Gasteiger partial charge in [-0.25, -0.2) is 16.8 Å². The van der Waals surface area contributed by atoms with Crippen LogP contribution in [0.1, 0.15) is 49.0 Å². The molecule has 1 saturated heterocycles. The summed E-state index contributed by atoms with van der Waals surface area (Å²) >= 11 is 0. The number of hydrogen-bond acceptors (Lipinski definition) is 5. The predicted molar refractivity (Wildman–Crippen MR) is 130 cm³/mol. The van der Waals surface area contributed by atoms with Crippen LogP contribution in [0.2, 0.25) is 0 Å². The zero-order valence-electron chi connectivity index (χ0n) is 19.2. The molecule has 2 aromatic carbocycles. The van der Waals surface area contributed by atoms with Gasteiger partial charge in [0.15, 0.2) is 0 Å². The van der Waals surface area contributed by atoms with E-state index in [0.29, 0.717) is 47.9 Å². The number of carbonyl (C=O) groups excluding carboxylic acids is 1. The maximum Gasteiger partial charge on any atom is 0.255 e. The predicted octanol–water partition coefficient (Wildman–Crippen LogP) is 3.82. The molecule has 1 aliphatic heterocycles. The largest absolute Gasteiger partial charge is 0.322 e. The first-order valence-corrected chi connectivity index (χ1v) is 14.1. The number of piperidine rings is 1. The molecule has 1 aliphatic rings. The van der Waals surface area contributed by atoms with Crippen molar-refractivity contribution < 1.29 is 21.6 Å².